The summed E-state index contributed by atoms with van der Waals surface area (Å²) in [5, 5.41) is 8.83. The summed E-state index contributed by atoms with van der Waals surface area (Å²) < 4.78 is 4.07. The molecule has 7 heteroatoms. The molecule has 17 heavy (non-hydrogen) atoms. The Morgan fingerprint density at radius 1 is 1.35 bits per heavy atom. The molecule has 0 amide bonds. The molecule has 1 aliphatic rings. The van der Waals surface area contributed by atoms with Crippen molar-refractivity contribution in [2.24, 2.45) is 0 Å². The Kier molecular flexibility index (Phi) is 4.03. The van der Waals surface area contributed by atoms with E-state index < -0.39 is 5.97 Å². The molecule has 1 N–H and O–H groups in total. The zero-order valence-electron chi connectivity index (χ0n) is 9.80. The smallest absolute Gasteiger partial charge is 0.366 e. The molecule has 0 spiro atoms. The molecular weight excluding hydrogens is 240 g/mol. The van der Waals surface area contributed by atoms with Crippen molar-refractivity contribution in [3.05, 3.63) is 10.8 Å². The second-order valence-corrected chi connectivity index (χ2v) is 4.78. The number of aromatic carboxylic acids is 1. The van der Waals surface area contributed by atoms with Gasteiger partial charge in [0, 0.05) is 26.2 Å². The highest BCUT2D eigenvalue weighted by molar-refractivity contribution is 7.07. The first kappa shape index (κ1) is 12.4. The van der Waals surface area contributed by atoms with Crippen LogP contribution >= 0.6 is 11.5 Å². The van der Waals surface area contributed by atoms with Gasteiger partial charge in [-0.1, -0.05) is 6.92 Å². The van der Waals surface area contributed by atoms with Crippen molar-refractivity contribution in [3.63, 3.8) is 0 Å². The van der Waals surface area contributed by atoms with Gasteiger partial charge >= 0.3 is 5.97 Å². The van der Waals surface area contributed by atoms with Gasteiger partial charge in [0.25, 0.3) is 0 Å². The molecule has 0 bridgehead atoms. The van der Waals surface area contributed by atoms with Gasteiger partial charge in [-0.15, -0.1) is 0 Å². The molecule has 0 saturated carbocycles. The quantitative estimate of drug-likeness (QED) is 0.839. The van der Waals surface area contributed by atoms with E-state index in [0.717, 1.165) is 44.3 Å². The largest absolute Gasteiger partial charge is 0.476 e. The zero-order valence-corrected chi connectivity index (χ0v) is 10.6. The molecule has 0 aromatic carbocycles. The van der Waals surface area contributed by atoms with Gasteiger partial charge in [0.15, 0.2) is 5.82 Å². The number of aromatic nitrogens is 2. The van der Waals surface area contributed by atoms with Crippen LogP contribution in [0.2, 0.25) is 0 Å². The van der Waals surface area contributed by atoms with Crippen molar-refractivity contribution in [1.29, 1.82) is 0 Å². The third-order valence-electron chi connectivity index (χ3n) is 2.93. The Bertz CT molecular complexity index is 387. The Morgan fingerprint density at radius 2 is 2.00 bits per heavy atom. The van der Waals surface area contributed by atoms with Crippen LogP contribution in [0.5, 0.6) is 0 Å². The Hall–Kier alpha value is -1.05. The fraction of sp³-hybridized carbons (Fsp3) is 0.700. The lowest BCUT2D eigenvalue weighted by atomic mass is 10.3. The number of carboxylic acids is 1. The average Bonchev–Trinajstić information content (AvgIpc) is 2.79. The van der Waals surface area contributed by atoms with Crippen LogP contribution in [0.3, 0.4) is 0 Å². The van der Waals surface area contributed by atoms with Crippen LogP contribution in [-0.4, -0.2) is 63.0 Å². The first-order valence-electron chi connectivity index (χ1n) is 5.69. The lowest BCUT2D eigenvalue weighted by Gasteiger charge is -2.33. The zero-order chi connectivity index (χ0) is 12.3. The van der Waals surface area contributed by atoms with E-state index in [1.165, 1.54) is 0 Å². The van der Waals surface area contributed by atoms with Crippen molar-refractivity contribution >= 4 is 17.5 Å². The molecule has 6 nitrogen and oxygen atoms in total. The molecular formula is C10H16N4O2S. The standard InChI is InChI=1S/C10H16N4O2S/c1-2-13-3-5-14(6-4-13)7-8-11-9(10(15)16)17-12-8/h2-7H2,1H3,(H,15,16). The minimum absolute atomic E-state index is 0.0761. The van der Waals surface area contributed by atoms with Crippen LogP contribution in [0.1, 0.15) is 22.6 Å². The van der Waals surface area contributed by atoms with Crippen molar-refractivity contribution in [2.45, 2.75) is 13.5 Å². The van der Waals surface area contributed by atoms with Crippen LogP contribution in [-0.2, 0) is 6.54 Å². The fourth-order valence-corrected chi connectivity index (χ4v) is 2.38. The summed E-state index contributed by atoms with van der Waals surface area (Å²) in [5.41, 5.74) is 0. The van der Waals surface area contributed by atoms with Crippen molar-refractivity contribution in [2.75, 3.05) is 32.7 Å². The van der Waals surface area contributed by atoms with Gasteiger partial charge in [0.05, 0.1) is 6.54 Å². The van der Waals surface area contributed by atoms with Crippen molar-refractivity contribution in [3.8, 4) is 0 Å². The predicted octanol–water partition coefficient (Wildman–Crippen LogP) is 0.374. The number of carbonyl (C=O) groups is 1. The lowest BCUT2D eigenvalue weighted by molar-refractivity contribution is 0.0695. The van der Waals surface area contributed by atoms with Crippen LogP contribution in [0.25, 0.3) is 0 Å². The van der Waals surface area contributed by atoms with E-state index in [4.69, 9.17) is 5.11 Å². The maximum Gasteiger partial charge on any atom is 0.366 e. The Morgan fingerprint density at radius 3 is 2.53 bits per heavy atom. The second-order valence-electron chi connectivity index (χ2n) is 4.03. The van der Waals surface area contributed by atoms with Crippen molar-refractivity contribution < 1.29 is 9.90 Å². The molecule has 94 valence electrons. The Labute approximate surface area is 104 Å². The summed E-state index contributed by atoms with van der Waals surface area (Å²) in [7, 11) is 0. The summed E-state index contributed by atoms with van der Waals surface area (Å²) >= 11 is 0.954. The van der Waals surface area contributed by atoms with Gasteiger partial charge < -0.3 is 10.0 Å². The topological polar surface area (TPSA) is 69.6 Å². The van der Waals surface area contributed by atoms with Crippen LogP contribution < -0.4 is 0 Å². The average molecular weight is 256 g/mol. The third-order valence-corrected chi connectivity index (χ3v) is 3.67. The molecule has 0 unspecified atom stereocenters. The minimum atomic E-state index is -0.996. The Balaban J connectivity index is 1.86. The number of likely N-dealkylation sites (N-methyl/N-ethyl adjacent to an activating group) is 1. The van der Waals surface area contributed by atoms with Gasteiger partial charge in [-0.25, -0.2) is 9.78 Å². The van der Waals surface area contributed by atoms with Crippen LogP contribution in [0, 0.1) is 0 Å². The molecule has 1 saturated heterocycles. The number of hydrogen-bond donors (Lipinski definition) is 1. The van der Waals surface area contributed by atoms with Crippen LogP contribution in [0.15, 0.2) is 0 Å². The highest BCUT2D eigenvalue weighted by atomic mass is 32.1. The SMILES string of the molecule is CCN1CCN(Cc2nsc(C(=O)O)n2)CC1. The third kappa shape index (κ3) is 3.21. The summed E-state index contributed by atoms with van der Waals surface area (Å²) in [6.07, 6.45) is 0. The molecule has 1 fully saturated rings. The molecule has 1 aromatic rings. The van der Waals surface area contributed by atoms with E-state index in [2.05, 4.69) is 26.1 Å². The van der Waals surface area contributed by atoms with Gasteiger partial charge in [0.2, 0.25) is 5.01 Å². The lowest BCUT2D eigenvalue weighted by Crippen LogP contribution is -2.45. The molecule has 2 heterocycles. The summed E-state index contributed by atoms with van der Waals surface area (Å²) in [6.45, 7) is 8.02. The highest BCUT2D eigenvalue weighted by Crippen LogP contribution is 2.09. The highest BCUT2D eigenvalue weighted by Gasteiger charge is 2.18. The van der Waals surface area contributed by atoms with Gasteiger partial charge in [-0.05, 0) is 18.1 Å². The van der Waals surface area contributed by atoms with E-state index in [1.54, 1.807) is 0 Å². The normalized spacial score (nSPS) is 18.4. The first-order valence-corrected chi connectivity index (χ1v) is 6.47. The van der Waals surface area contributed by atoms with Gasteiger partial charge in [0.1, 0.15) is 0 Å². The van der Waals surface area contributed by atoms with E-state index in [0.29, 0.717) is 12.4 Å². The summed E-state index contributed by atoms with van der Waals surface area (Å²) in [4.78, 5) is 19.3. The molecule has 0 atom stereocenters. The summed E-state index contributed by atoms with van der Waals surface area (Å²) in [6, 6.07) is 0. The van der Waals surface area contributed by atoms with Crippen molar-refractivity contribution in [1.82, 2.24) is 19.2 Å². The number of nitrogens with zero attached hydrogens (tertiary/aromatic N) is 4. The predicted molar refractivity (Wildman–Crippen MR) is 64.3 cm³/mol. The molecule has 1 aliphatic heterocycles. The van der Waals surface area contributed by atoms with E-state index in [1.807, 2.05) is 0 Å². The maximum absolute atomic E-state index is 10.7. The molecule has 0 aliphatic carbocycles. The molecule has 0 radical (unpaired) electrons. The van der Waals surface area contributed by atoms with Crippen LogP contribution in [0.4, 0.5) is 0 Å². The first-order chi connectivity index (χ1) is 8.19. The van der Waals surface area contributed by atoms with E-state index in [-0.39, 0.29) is 5.01 Å². The van der Waals surface area contributed by atoms with Gasteiger partial charge in [-0.3, -0.25) is 4.90 Å². The molecule has 1 aromatic heterocycles. The minimum Gasteiger partial charge on any atom is -0.476 e. The second kappa shape index (κ2) is 5.52. The number of piperazine rings is 1. The number of rotatable bonds is 4. The van der Waals surface area contributed by atoms with Gasteiger partial charge in [-0.2, -0.15) is 4.37 Å². The fourth-order valence-electron chi connectivity index (χ4n) is 1.87. The number of carboxylic acid groups (broad SMARTS) is 1. The maximum atomic E-state index is 10.7. The summed E-state index contributed by atoms with van der Waals surface area (Å²) in [5.74, 6) is -0.373. The monoisotopic (exact) mass is 256 g/mol. The molecule has 2 rings (SSSR count). The number of hydrogen-bond acceptors (Lipinski definition) is 6. The van der Waals surface area contributed by atoms with E-state index in [9.17, 15) is 4.79 Å². The van der Waals surface area contributed by atoms with E-state index >= 15 is 0 Å².